The SMILES string of the molecule is CNC(C)CNS(=O)(=O)Cc1ccc(F)cc1.Cl. The summed E-state index contributed by atoms with van der Waals surface area (Å²) in [5.74, 6) is -0.508. The average molecular weight is 297 g/mol. The Morgan fingerprint density at radius 1 is 1.28 bits per heavy atom. The summed E-state index contributed by atoms with van der Waals surface area (Å²) in [5, 5.41) is 2.93. The molecule has 7 heteroatoms. The third-order valence-electron chi connectivity index (χ3n) is 2.37. The largest absolute Gasteiger partial charge is 0.316 e. The molecule has 0 aliphatic carbocycles. The molecule has 0 fully saturated rings. The molecule has 0 aromatic heterocycles. The summed E-state index contributed by atoms with van der Waals surface area (Å²) in [7, 11) is -1.60. The number of nitrogens with one attached hydrogen (secondary N) is 2. The molecule has 1 aromatic rings. The van der Waals surface area contributed by atoms with Crippen molar-refractivity contribution in [3.63, 3.8) is 0 Å². The fourth-order valence-corrected chi connectivity index (χ4v) is 2.44. The average Bonchev–Trinajstić information content (AvgIpc) is 2.29. The summed E-state index contributed by atoms with van der Waals surface area (Å²) in [6.07, 6.45) is 0. The summed E-state index contributed by atoms with van der Waals surface area (Å²) in [6.45, 7) is 2.21. The highest BCUT2D eigenvalue weighted by molar-refractivity contribution is 7.88. The minimum Gasteiger partial charge on any atom is -0.316 e. The maximum Gasteiger partial charge on any atom is 0.215 e. The zero-order chi connectivity index (χ0) is 12.9. The molecule has 0 aliphatic rings. The Balaban J connectivity index is 0.00000289. The Hall–Kier alpha value is -0.690. The topological polar surface area (TPSA) is 58.2 Å². The molecule has 1 aromatic carbocycles. The summed E-state index contributed by atoms with van der Waals surface area (Å²) in [4.78, 5) is 0. The summed E-state index contributed by atoms with van der Waals surface area (Å²) >= 11 is 0. The molecule has 0 radical (unpaired) electrons. The van der Waals surface area contributed by atoms with Crippen LogP contribution in [0.15, 0.2) is 24.3 Å². The molecule has 0 bridgehead atoms. The molecule has 0 spiro atoms. The predicted octanol–water partition coefficient (Wildman–Crippen LogP) is 1.27. The smallest absolute Gasteiger partial charge is 0.215 e. The molecule has 0 aliphatic heterocycles. The van der Waals surface area contributed by atoms with Crippen LogP contribution in [-0.2, 0) is 15.8 Å². The lowest BCUT2D eigenvalue weighted by atomic mass is 10.2. The number of likely N-dealkylation sites (N-methyl/N-ethyl adjacent to an activating group) is 1. The fourth-order valence-electron chi connectivity index (χ4n) is 1.21. The maximum absolute atomic E-state index is 12.6. The van der Waals surface area contributed by atoms with Crippen LogP contribution in [0.3, 0.4) is 0 Å². The van der Waals surface area contributed by atoms with Crippen LogP contribution >= 0.6 is 12.4 Å². The van der Waals surface area contributed by atoms with Crippen LogP contribution in [0.2, 0.25) is 0 Å². The minimum absolute atomic E-state index is 0. The van der Waals surface area contributed by atoms with E-state index in [-0.39, 0.29) is 30.0 Å². The summed E-state index contributed by atoms with van der Waals surface area (Å²) in [6, 6.07) is 5.51. The zero-order valence-electron chi connectivity index (χ0n) is 10.3. The standard InChI is InChI=1S/C11H17FN2O2S.ClH/c1-9(13-2)7-14-17(15,16)8-10-3-5-11(12)6-4-10;/h3-6,9,13-14H,7-8H2,1-2H3;1H. The van der Waals surface area contributed by atoms with Gasteiger partial charge in [0.1, 0.15) is 5.82 Å². The van der Waals surface area contributed by atoms with Gasteiger partial charge in [0.15, 0.2) is 0 Å². The molecule has 18 heavy (non-hydrogen) atoms. The van der Waals surface area contributed by atoms with Crippen molar-refractivity contribution in [2.45, 2.75) is 18.7 Å². The lowest BCUT2D eigenvalue weighted by Crippen LogP contribution is -2.37. The van der Waals surface area contributed by atoms with E-state index < -0.39 is 10.0 Å². The fraction of sp³-hybridized carbons (Fsp3) is 0.455. The number of hydrogen-bond acceptors (Lipinski definition) is 3. The van der Waals surface area contributed by atoms with Crippen LogP contribution in [0.25, 0.3) is 0 Å². The van der Waals surface area contributed by atoms with E-state index in [4.69, 9.17) is 0 Å². The molecule has 0 heterocycles. The van der Waals surface area contributed by atoms with E-state index in [2.05, 4.69) is 10.0 Å². The van der Waals surface area contributed by atoms with Crippen LogP contribution in [-0.4, -0.2) is 28.1 Å². The Morgan fingerprint density at radius 2 is 1.83 bits per heavy atom. The van der Waals surface area contributed by atoms with Crippen molar-refractivity contribution in [2.75, 3.05) is 13.6 Å². The highest BCUT2D eigenvalue weighted by Gasteiger charge is 2.12. The van der Waals surface area contributed by atoms with E-state index in [0.717, 1.165) is 0 Å². The second-order valence-corrected chi connectivity index (χ2v) is 5.73. The van der Waals surface area contributed by atoms with Gasteiger partial charge in [-0.1, -0.05) is 12.1 Å². The van der Waals surface area contributed by atoms with Gasteiger partial charge in [0, 0.05) is 12.6 Å². The number of rotatable bonds is 6. The van der Waals surface area contributed by atoms with Gasteiger partial charge in [-0.05, 0) is 31.7 Å². The molecule has 1 rings (SSSR count). The van der Waals surface area contributed by atoms with Crippen molar-refractivity contribution < 1.29 is 12.8 Å². The Morgan fingerprint density at radius 3 is 2.33 bits per heavy atom. The monoisotopic (exact) mass is 296 g/mol. The summed E-state index contributed by atoms with van der Waals surface area (Å²) in [5.41, 5.74) is 0.566. The van der Waals surface area contributed by atoms with E-state index in [1.165, 1.54) is 24.3 Å². The molecule has 1 unspecified atom stereocenters. The number of sulfonamides is 1. The molecular weight excluding hydrogens is 279 g/mol. The number of hydrogen-bond donors (Lipinski definition) is 2. The van der Waals surface area contributed by atoms with Crippen molar-refractivity contribution in [1.29, 1.82) is 0 Å². The second-order valence-electron chi connectivity index (χ2n) is 3.92. The highest BCUT2D eigenvalue weighted by atomic mass is 35.5. The van der Waals surface area contributed by atoms with E-state index in [1.807, 2.05) is 6.92 Å². The van der Waals surface area contributed by atoms with Gasteiger partial charge in [0.05, 0.1) is 5.75 Å². The molecular formula is C11H18ClFN2O2S. The molecule has 2 N–H and O–H groups in total. The van der Waals surface area contributed by atoms with E-state index >= 15 is 0 Å². The maximum atomic E-state index is 12.6. The first-order chi connectivity index (χ1) is 7.93. The molecule has 4 nitrogen and oxygen atoms in total. The van der Waals surface area contributed by atoms with Crippen molar-refractivity contribution >= 4 is 22.4 Å². The molecule has 0 saturated heterocycles. The lowest BCUT2D eigenvalue weighted by molar-refractivity contribution is 0.553. The van der Waals surface area contributed by atoms with Gasteiger partial charge in [-0.3, -0.25) is 0 Å². The van der Waals surface area contributed by atoms with E-state index in [1.54, 1.807) is 7.05 Å². The number of benzene rings is 1. The first-order valence-corrected chi connectivity index (χ1v) is 6.97. The van der Waals surface area contributed by atoms with Gasteiger partial charge >= 0.3 is 0 Å². The Kier molecular flexibility index (Phi) is 7.39. The van der Waals surface area contributed by atoms with Crippen LogP contribution in [0, 0.1) is 5.82 Å². The van der Waals surface area contributed by atoms with Crippen LogP contribution in [0.5, 0.6) is 0 Å². The third kappa shape index (κ3) is 6.30. The van der Waals surface area contributed by atoms with E-state index in [0.29, 0.717) is 12.1 Å². The molecule has 0 amide bonds. The van der Waals surface area contributed by atoms with Crippen molar-refractivity contribution in [3.8, 4) is 0 Å². The van der Waals surface area contributed by atoms with Gasteiger partial charge in [-0.25, -0.2) is 17.5 Å². The van der Waals surface area contributed by atoms with Crippen molar-refractivity contribution in [2.24, 2.45) is 0 Å². The van der Waals surface area contributed by atoms with E-state index in [9.17, 15) is 12.8 Å². The molecule has 0 saturated carbocycles. The first kappa shape index (κ1) is 17.3. The molecule has 1 atom stereocenters. The quantitative estimate of drug-likeness (QED) is 0.831. The van der Waals surface area contributed by atoms with Gasteiger partial charge in [0.2, 0.25) is 10.0 Å². The molecule has 104 valence electrons. The normalized spacial score (nSPS) is 12.8. The minimum atomic E-state index is -3.37. The zero-order valence-corrected chi connectivity index (χ0v) is 11.9. The Bertz CT molecular complexity index is 451. The third-order valence-corrected chi connectivity index (χ3v) is 3.69. The van der Waals surface area contributed by atoms with Crippen LogP contribution in [0.1, 0.15) is 12.5 Å². The highest BCUT2D eigenvalue weighted by Crippen LogP contribution is 2.06. The van der Waals surface area contributed by atoms with Crippen molar-refractivity contribution in [3.05, 3.63) is 35.6 Å². The van der Waals surface area contributed by atoms with Gasteiger partial charge < -0.3 is 5.32 Å². The lowest BCUT2D eigenvalue weighted by Gasteiger charge is -2.11. The van der Waals surface area contributed by atoms with Crippen LogP contribution in [0.4, 0.5) is 4.39 Å². The van der Waals surface area contributed by atoms with Gasteiger partial charge in [-0.15, -0.1) is 12.4 Å². The van der Waals surface area contributed by atoms with Gasteiger partial charge in [-0.2, -0.15) is 0 Å². The van der Waals surface area contributed by atoms with Gasteiger partial charge in [0.25, 0.3) is 0 Å². The van der Waals surface area contributed by atoms with Crippen molar-refractivity contribution in [1.82, 2.24) is 10.0 Å². The predicted molar refractivity (Wildman–Crippen MR) is 72.8 cm³/mol. The second kappa shape index (κ2) is 7.68. The Labute approximate surface area is 113 Å². The first-order valence-electron chi connectivity index (χ1n) is 5.32. The number of halogens is 2. The van der Waals surface area contributed by atoms with Crippen LogP contribution < -0.4 is 10.0 Å². The summed E-state index contributed by atoms with van der Waals surface area (Å²) < 4.78 is 38.5.